The molecule has 0 bridgehead atoms. The van der Waals surface area contributed by atoms with Gasteiger partial charge in [-0.1, -0.05) is 26.0 Å². The van der Waals surface area contributed by atoms with Crippen molar-refractivity contribution in [1.82, 2.24) is 9.97 Å². The van der Waals surface area contributed by atoms with Crippen molar-refractivity contribution in [3.63, 3.8) is 0 Å². The van der Waals surface area contributed by atoms with Gasteiger partial charge in [-0.25, -0.2) is 4.98 Å². The molecule has 0 radical (unpaired) electrons. The van der Waals surface area contributed by atoms with E-state index in [9.17, 15) is 15.4 Å². The van der Waals surface area contributed by atoms with Crippen molar-refractivity contribution in [3.05, 3.63) is 57.9 Å². The van der Waals surface area contributed by atoms with E-state index in [1.807, 2.05) is 24.3 Å². The van der Waals surface area contributed by atoms with Crippen LogP contribution in [-0.2, 0) is 0 Å². The SMILES string of the molecule is COc1cc(/C=C(/C#N)c2nc3ccccc3[nH]2)c([N+](=O)[O-])cc1OCCC(C)C. The third-order valence-corrected chi connectivity index (χ3v) is 4.53. The van der Waals surface area contributed by atoms with Crippen molar-refractivity contribution in [3.8, 4) is 17.6 Å². The Kier molecular flexibility index (Phi) is 6.32. The maximum absolute atomic E-state index is 11.7. The Morgan fingerprint density at radius 3 is 2.73 bits per heavy atom. The molecule has 0 atom stereocenters. The Balaban J connectivity index is 2.04. The minimum atomic E-state index is -0.506. The molecule has 1 heterocycles. The Bertz CT molecular complexity index is 1110. The lowest BCUT2D eigenvalue weighted by molar-refractivity contribution is -0.385. The number of nitriles is 1. The minimum Gasteiger partial charge on any atom is -0.493 e. The van der Waals surface area contributed by atoms with E-state index in [1.54, 1.807) is 0 Å². The summed E-state index contributed by atoms with van der Waals surface area (Å²) in [5.74, 6) is 1.43. The molecule has 0 saturated carbocycles. The Morgan fingerprint density at radius 2 is 2.10 bits per heavy atom. The van der Waals surface area contributed by atoms with Crippen LogP contribution >= 0.6 is 0 Å². The van der Waals surface area contributed by atoms with Crippen molar-refractivity contribution in [2.45, 2.75) is 20.3 Å². The van der Waals surface area contributed by atoms with Gasteiger partial charge in [-0.05, 0) is 36.6 Å². The van der Waals surface area contributed by atoms with E-state index in [2.05, 4.69) is 29.9 Å². The number of fused-ring (bicyclic) bond motifs is 1. The van der Waals surface area contributed by atoms with Crippen LogP contribution in [0, 0.1) is 27.4 Å². The number of aromatic amines is 1. The van der Waals surface area contributed by atoms with Crippen LogP contribution in [0.15, 0.2) is 36.4 Å². The van der Waals surface area contributed by atoms with E-state index in [4.69, 9.17) is 9.47 Å². The monoisotopic (exact) mass is 406 g/mol. The summed E-state index contributed by atoms with van der Waals surface area (Å²) in [7, 11) is 1.47. The molecule has 0 fully saturated rings. The molecule has 30 heavy (non-hydrogen) atoms. The number of nitrogens with zero attached hydrogens (tertiary/aromatic N) is 3. The summed E-state index contributed by atoms with van der Waals surface area (Å²) in [6.45, 7) is 4.56. The topological polar surface area (TPSA) is 114 Å². The normalized spacial score (nSPS) is 11.5. The molecule has 8 heteroatoms. The largest absolute Gasteiger partial charge is 0.493 e. The molecular formula is C22H22N4O4. The van der Waals surface area contributed by atoms with Gasteiger partial charge >= 0.3 is 0 Å². The number of hydrogen-bond donors (Lipinski definition) is 1. The summed E-state index contributed by atoms with van der Waals surface area (Å²) in [5.41, 5.74) is 1.69. The molecule has 1 N–H and O–H groups in total. The molecule has 0 saturated heterocycles. The van der Waals surface area contributed by atoms with Crippen molar-refractivity contribution < 1.29 is 14.4 Å². The lowest BCUT2D eigenvalue weighted by Crippen LogP contribution is -2.04. The number of imidazole rings is 1. The van der Waals surface area contributed by atoms with Crippen molar-refractivity contribution in [1.29, 1.82) is 5.26 Å². The summed E-state index contributed by atoms with van der Waals surface area (Å²) in [6.07, 6.45) is 2.24. The van der Waals surface area contributed by atoms with Gasteiger partial charge in [0.2, 0.25) is 0 Å². The third kappa shape index (κ3) is 4.58. The number of nitrogens with one attached hydrogen (secondary N) is 1. The number of allylic oxidation sites excluding steroid dienone is 1. The number of nitro groups is 1. The number of methoxy groups -OCH3 is 1. The van der Waals surface area contributed by atoms with Crippen LogP contribution in [0.1, 0.15) is 31.7 Å². The quantitative estimate of drug-likeness (QED) is 0.321. The third-order valence-electron chi connectivity index (χ3n) is 4.53. The van der Waals surface area contributed by atoms with Gasteiger partial charge in [-0.15, -0.1) is 0 Å². The van der Waals surface area contributed by atoms with Crippen molar-refractivity contribution in [2.24, 2.45) is 5.92 Å². The first kappa shape index (κ1) is 20.9. The van der Waals surface area contributed by atoms with Gasteiger partial charge in [0, 0.05) is 0 Å². The van der Waals surface area contributed by atoms with E-state index in [0.717, 1.165) is 11.9 Å². The predicted octanol–water partition coefficient (Wildman–Crippen LogP) is 4.97. The minimum absolute atomic E-state index is 0.171. The molecule has 1 aromatic heterocycles. The maximum Gasteiger partial charge on any atom is 0.280 e. The molecule has 0 aliphatic rings. The molecular weight excluding hydrogens is 384 g/mol. The first-order valence-corrected chi connectivity index (χ1v) is 9.49. The molecule has 3 rings (SSSR count). The highest BCUT2D eigenvalue weighted by atomic mass is 16.6. The van der Waals surface area contributed by atoms with Gasteiger partial charge < -0.3 is 14.5 Å². The zero-order valence-corrected chi connectivity index (χ0v) is 17.0. The number of ether oxygens (including phenoxy) is 2. The Labute approximate surface area is 173 Å². The second kappa shape index (κ2) is 9.09. The average Bonchev–Trinajstić information content (AvgIpc) is 3.15. The van der Waals surface area contributed by atoms with Gasteiger partial charge in [0.15, 0.2) is 11.5 Å². The van der Waals surface area contributed by atoms with Crippen LogP contribution in [0.25, 0.3) is 22.7 Å². The molecule has 154 valence electrons. The van der Waals surface area contributed by atoms with Crippen LogP contribution in [0.4, 0.5) is 5.69 Å². The standard InChI is InChI=1S/C22H22N4O4/c1-14(2)8-9-30-21-12-19(26(27)28)15(11-20(21)29-3)10-16(13-23)22-24-17-6-4-5-7-18(17)25-22/h4-7,10-12,14H,8-9H2,1-3H3,(H,24,25)/b16-10-. The second-order valence-electron chi connectivity index (χ2n) is 7.12. The van der Waals surface area contributed by atoms with Crippen LogP contribution in [-0.4, -0.2) is 28.6 Å². The van der Waals surface area contributed by atoms with E-state index >= 15 is 0 Å². The highest BCUT2D eigenvalue weighted by Gasteiger charge is 2.20. The van der Waals surface area contributed by atoms with Gasteiger partial charge in [0.25, 0.3) is 5.69 Å². The van der Waals surface area contributed by atoms with Crippen LogP contribution < -0.4 is 9.47 Å². The molecule has 0 amide bonds. The van der Waals surface area contributed by atoms with Crippen LogP contribution in [0.3, 0.4) is 0 Å². The highest BCUT2D eigenvalue weighted by Crippen LogP contribution is 2.36. The number of rotatable bonds is 8. The van der Waals surface area contributed by atoms with E-state index in [-0.39, 0.29) is 16.8 Å². The summed E-state index contributed by atoms with van der Waals surface area (Å²) < 4.78 is 11.1. The molecule has 8 nitrogen and oxygen atoms in total. The lowest BCUT2D eigenvalue weighted by Gasteiger charge is -2.13. The van der Waals surface area contributed by atoms with Crippen LogP contribution in [0.5, 0.6) is 11.5 Å². The fourth-order valence-corrected chi connectivity index (χ4v) is 2.91. The summed E-state index contributed by atoms with van der Waals surface area (Å²) >= 11 is 0. The van der Waals surface area contributed by atoms with Crippen molar-refractivity contribution in [2.75, 3.05) is 13.7 Å². The van der Waals surface area contributed by atoms with Gasteiger partial charge in [-0.2, -0.15) is 5.26 Å². The van der Waals surface area contributed by atoms with Gasteiger partial charge in [0.05, 0.1) is 46.9 Å². The second-order valence-corrected chi connectivity index (χ2v) is 7.12. The molecule has 3 aromatic rings. The smallest absolute Gasteiger partial charge is 0.280 e. The number of nitro benzene ring substituents is 1. The first-order valence-electron chi connectivity index (χ1n) is 9.49. The summed E-state index contributed by atoms with van der Waals surface area (Å²) in [5, 5.41) is 21.3. The zero-order chi connectivity index (χ0) is 21.7. The maximum atomic E-state index is 11.7. The molecule has 0 unspecified atom stereocenters. The Hall–Kier alpha value is -3.86. The predicted molar refractivity (Wildman–Crippen MR) is 114 cm³/mol. The molecule has 0 aliphatic carbocycles. The molecule has 2 aromatic carbocycles. The number of benzene rings is 2. The molecule has 0 spiro atoms. The highest BCUT2D eigenvalue weighted by molar-refractivity contribution is 5.92. The van der Waals surface area contributed by atoms with E-state index in [0.29, 0.717) is 35.4 Å². The zero-order valence-electron chi connectivity index (χ0n) is 17.0. The Morgan fingerprint density at radius 1 is 1.33 bits per heavy atom. The number of H-pyrrole nitrogens is 1. The molecule has 0 aliphatic heterocycles. The number of aromatic nitrogens is 2. The lowest BCUT2D eigenvalue weighted by atomic mass is 10.1. The van der Waals surface area contributed by atoms with E-state index < -0.39 is 4.92 Å². The van der Waals surface area contributed by atoms with Gasteiger partial charge in [0.1, 0.15) is 11.9 Å². The van der Waals surface area contributed by atoms with Gasteiger partial charge in [-0.3, -0.25) is 10.1 Å². The van der Waals surface area contributed by atoms with Crippen molar-refractivity contribution >= 4 is 28.4 Å². The van der Waals surface area contributed by atoms with E-state index in [1.165, 1.54) is 25.3 Å². The first-order chi connectivity index (χ1) is 14.4. The summed E-state index contributed by atoms with van der Waals surface area (Å²) in [4.78, 5) is 18.6. The fraction of sp³-hybridized carbons (Fsp3) is 0.273. The number of hydrogen-bond acceptors (Lipinski definition) is 6. The summed E-state index contributed by atoms with van der Waals surface area (Å²) in [6, 6.07) is 12.3. The fourth-order valence-electron chi connectivity index (χ4n) is 2.91. The number of para-hydroxylation sites is 2. The van der Waals surface area contributed by atoms with Crippen LogP contribution in [0.2, 0.25) is 0 Å². The average molecular weight is 406 g/mol.